The number of benzene rings is 1. The number of nitrogens with zero attached hydrogens (tertiary/aromatic N) is 3. The van der Waals surface area contributed by atoms with Gasteiger partial charge in [0.2, 0.25) is 5.91 Å². The van der Waals surface area contributed by atoms with Gasteiger partial charge in [0.15, 0.2) is 0 Å². The van der Waals surface area contributed by atoms with Gasteiger partial charge in [0.1, 0.15) is 11.0 Å². The number of rotatable bonds is 9. The third-order valence-corrected chi connectivity index (χ3v) is 4.76. The molecule has 0 saturated carbocycles. The van der Waals surface area contributed by atoms with Crippen molar-refractivity contribution < 1.29 is 14.3 Å². The van der Waals surface area contributed by atoms with Gasteiger partial charge in [-0.3, -0.25) is 19.6 Å². The van der Waals surface area contributed by atoms with Crippen molar-refractivity contribution in [2.75, 3.05) is 18.5 Å². The second kappa shape index (κ2) is 10.7. The lowest BCUT2D eigenvalue weighted by atomic mass is 10.1. The number of carbonyl (C=O) groups is 2. The molecule has 0 radical (unpaired) electrons. The first-order valence-electron chi connectivity index (χ1n) is 9.86. The minimum absolute atomic E-state index is 0.0646. The Hall–Kier alpha value is -3.23. The van der Waals surface area contributed by atoms with Gasteiger partial charge in [-0.1, -0.05) is 41.9 Å². The highest BCUT2D eigenvalue weighted by molar-refractivity contribution is 6.29. The fourth-order valence-corrected chi connectivity index (χ4v) is 3.20. The predicted molar refractivity (Wildman–Crippen MR) is 119 cm³/mol. The van der Waals surface area contributed by atoms with Crippen molar-refractivity contribution in [3.8, 4) is 11.3 Å². The Bertz CT molecular complexity index is 1040. The number of aromatic nitrogens is 3. The van der Waals surface area contributed by atoms with Crippen molar-refractivity contribution in [3.05, 3.63) is 65.4 Å². The summed E-state index contributed by atoms with van der Waals surface area (Å²) in [5.74, 6) is -0.176. The van der Waals surface area contributed by atoms with Crippen LogP contribution >= 0.6 is 11.6 Å². The molecule has 0 fully saturated rings. The molecule has 2 heterocycles. The van der Waals surface area contributed by atoms with Gasteiger partial charge in [0, 0.05) is 24.9 Å². The SMILES string of the molecule is CCOC(=O)CN[C@@H](Cc1ccccc1)C(=O)Nc1cc(-c2ccnc(Cl)c2)nn1C. The highest BCUT2D eigenvalue weighted by atomic mass is 35.5. The molecule has 3 aromatic rings. The van der Waals surface area contributed by atoms with Gasteiger partial charge in [0.05, 0.1) is 24.9 Å². The molecule has 0 saturated heterocycles. The van der Waals surface area contributed by atoms with Crippen LogP contribution in [0.2, 0.25) is 5.15 Å². The Labute approximate surface area is 185 Å². The first kappa shape index (κ1) is 22.5. The van der Waals surface area contributed by atoms with E-state index in [4.69, 9.17) is 16.3 Å². The molecule has 0 aliphatic carbocycles. The van der Waals surface area contributed by atoms with Crippen LogP contribution in [0, 0.1) is 0 Å². The van der Waals surface area contributed by atoms with E-state index in [1.807, 2.05) is 30.3 Å². The molecule has 1 atom stereocenters. The lowest BCUT2D eigenvalue weighted by Gasteiger charge is -2.18. The van der Waals surface area contributed by atoms with Gasteiger partial charge in [-0.15, -0.1) is 0 Å². The van der Waals surface area contributed by atoms with Crippen molar-refractivity contribution >= 4 is 29.3 Å². The zero-order valence-corrected chi connectivity index (χ0v) is 18.1. The molecule has 0 aliphatic rings. The van der Waals surface area contributed by atoms with Crippen molar-refractivity contribution in [1.82, 2.24) is 20.1 Å². The fourth-order valence-electron chi connectivity index (χ4n) is 3.03. The van der Waals surface area contributed by atoms with E-state index in [-0.39, 0.29) is 19.1 Å². The van der Waals surface area contributed by atoms with E-state index in [1.54, 1.807) is 43.0 Å². The zero-order valence-electron chi connectivity index (χ0n) is 17.3. The monoisotopic (exact) mass is 441 g/mol. The largest absolute Gasteiger partial charge is 0.465 e. The van der Waals surface area contributed by atoms with Crippen LogP contribution in [0.1, 0.15) is 12.5 Å². The van der Waals surface area contributed by atoms with Gasteiger partial charge < -0.3 is 10.1 Å². The smallest absolute Gasteiger partial charge is 0.319 e. The molecule has 9 heteroatoms. The van der Waals surface area contributed by atoms with Crippen LogP contribution < -0.4 is 10.6 Å². The van der Waals surface area contributed by atoms with E-state index < -0.39 is 12.0 Å². The van der Waals surface area contributed by atoms with Gasteiger partial charge in [-0.25, -0.2) is 4.98 Å². The normalized spacial score (nSPS) is 11.7. The Kier molecular flexibility index (Phi) is 7.75. The summed E-state index contributed by atoms with van der Waals surface area (Å²) in [6, 6.07) is 14.2. The third-order valence-electron chi connectivity index (χ3n) is 4.55. The lowest BCUT2D eigenvalue weighted by molar-refractivity contribution is -0.142. The number of anilines is 1. The number of amides is 1. The van der Waals surface area contributed by atoms with Gasteiger partial charge in [0.25, 0.3) is 0 Å². The fraction of sp³-hybridized carbons (Fsp3) is 0.273. The molecular formula is C22H24ClN5O3. The van der Waals surface area contributed by atoms with Crippen LogP contribution in [0.25, 0.3) is 11.3 Å². The lowest BCUT2D eigenvalue weighted by Crippen LogP contribution is -2.44. The number of hydrogen-bond donors (Lipinski definition) is 2. The molecule has 0 bridgehead atoms. The average Bonchev–Trinajstić information content (AvgIpc) is 3.12. The second-order valence-electron chi connectivity index (χ2n) is 6.82. The number of esters is 1. The molecule has 1 amide bonds. The molecule has 2 N–H and O–H groups in total. The minimum Gasteiger partial charge on any atom is -0.465 e. The van der Waals surface area contributed by atoms with E-state index >= 15 is 0 Å². The highest BCUT2D eigenvalue weighted by Crippen LogP contribution is 2.23. The van der Waals surface area contributed by atoms with Crippen LogP contribution in [0.3, 0.4) is 0 Å². The summed E-state index contributed by atoms with van der Waals surface area (Å²) in [5.41, 5.74) is 2.41. The maximum atomic E-state index is 13.0. The van der Waals surface area contributed by atoms with Crippen molar-refractivity contribution in [3.63, 3.8) is 0 Å². The number of halogens is 1. The number of pyridine rings is 1. The quantitative estimate of drug-likeness (QED) is 0.391. The molecular weight excluding hydrogens is 418 g/mol. The maximum Gasteiger partial charge on any atom is 0.319 e. The Morgan fingerprint density at radius 3 is 2.68 bits per heavy atom. The van der Waals surface area contributed by atoms with Crippen LogP contribution in [0.4, 0.5) is 5.82 Å². The Morgan fingerprint density at radius 2 is 1.97 bits per heavy atom. The molecule has 8 nitrogen and oxygen atoms in total. The summed E-state index contributed by atoms with van der Waals surface area (Å²) >= 11 is 5.97. The van der Waals surface area contributed by atoms with E-state index in [1.165, 1.54) is 0 Å². The summed E-state index contributed by atoms with van der Waals surface area (Å²) < 4.78 is 6.53. The molecule has 2 aromatic heterocycles. The van der Waals surface area contributed by atoms with Crippen LogP contribution in [0.5, 0.6) is 0 Å². The maximum absolute atomic E-state index is 13.0. The summed E-state index contributed by atoms with van der Waals surface area (Å²) in [6.07, 6.45) is 2.01. The Balaban J connectivity index is 1.75. The topological polar surface area (TPSA) is 98.1 Å². The summed E-state index contributed by atoms with van der Waals surface area (Å²) in [5, 5.41) is 10.7. The highest BCUT2D eigenvalue weighted by Gasteiger charge is 2.21. The predicted octanol–water partition coefficient (Wildman–Crippen LogP) is 2.84. The van der Waals surface area contributed by atoms with Gasteiger partial charge in [-0.05, 0) is 31.0 Å². The minimum atomic E-state index is -0.638. The number of hydrogen-bond acceptors (Lipinski definition) is 6. The average molecular weight is 442 g/mol. The zero-order chi connectivity index (χ0) is 22.2. The molecule has 1 aromatic carbocycles. The van der Waals surface area contributed by atoms with E-state index in [0.29, 0.717) is 23.1 Å². The van der Waals surface area contributed by atoms with Crippen molar-refractivity contribution in [1.29, 1.82) is 0 Å². The van der Waals surface area contributed by atoms with Crippen LogP contribution in [-0.2, 0) is 27.8 Å². The molecule has 162 valence electrons. The van der Waals surface area contributed by atoms with Crippen LogP contribution in [0.15, 0.2) is 54.7 Å². The van der Waals surface area contributed by atoms with Gasteiger partial charge >= 0.3 is 5.97 Å². The number of aryl methyl sites for hydroxylation is 1. The molecule has 0 spiro atoms. The molecule has 0 aliphatic heterocycles. The van der Waals surface area contributed by atoms with Crippen molar-refractivity contribution in [2.45, 2.75) is 19.4 Å². The third kappa shape index (κ3) is 6.37. The number of nitrogens with one attached hydrogen (secondary N) is 2. The van der Waals surface area contributed by atoms with Crippen molar-refractivity contribution in [2.24, 2.45) is 7.05 Å². The summed E-state index contributed by atoms with van der Waals surface area (Å²) in [6.45, 7) is 1.96. The van der Waals surface area contributed by atoms with Crippen LogP contribution in [-0.4, -0.2) is 45.8 Å². The number of carbonyl (C=O) groups excluding carboxylic acids is 2. The molecule has 31 heavy (non-hydrogen) atoms. The molecule has 3 rings (SSSR count). The molecule has 0 unspecified atom stereocenters. The second-order valence-corrected chi connectivity index (χ2v) is 7.21. The van der Waals surface area contributed by atoms with E-state index in [9.17, 15) is 9.59 Å². The summed E-state index contributed by atoms with van der Waals surface area (Å²) in [4.78, 5) is 28.8. The number of ether oxygens (including phenoxy) is 1. The first-order valence-corrected chi connectivity index (χ1v) is 10.2. The standard InChI is InChI=1S/C22H24ClN5O3/c1-3-31-21(29)14-25-18(11-15-7-5-4-6-8-15)22(30)26-20-13-17(27-28(20)2)16-9-10-24-19(23)12-16/h4-10,12-13,18,25H,3,11,14H2,1-2H3,(H,26,30)/t18-/m0/s1. The van der Waals surface area contributed by atoms with E-state index in [0.717, 1.165) is 11.1 Å². The summed E-state index contributed by atoms with van der Waals surface area (Å²) in [7, 11) is 1.74. The first-order chi connectivity index (χ1) is 15.0. The Morgan fingerprint density at radius 1 is 1.19 bits per heavy atom. The van der Waals surface area contributed by atoms with Gasteiger partial charge in [-0.2, -0.15) is 5.10 Å². The van der Waals surface area contributed by atoms with E-state index in [2.05, 4.69) is 20.7 Å².